The minimum atomic E-state index is -0.968. The van der Waals surface area contributed by atoms with Crippen LogP contribution < -0.4 is 0 Å². The molecule has 0 fully saturated rings. The largest absolute Gasteiger partial charge is 0.478 e. The van der Waals surface area contributed by atoms with Gasteiger partial charge in [-0.15, -0.1) is 0 Å². The lowest BCUT2D eigenvalue weighted by Gasteiger charge is -2.03. The number of hydrogen-bond donors (Lipinski definition) is 2. The van der Waals surface area contributed by atoms with Gasteiger partial charge < -0.3 is 10.2 Å². The van der Waals surface area contributed by atoms with Crippen molar-refractivity contribution < 1.29 is 15.0 Å². The Hall–Kier alpha value is -2.53. The molecule has 0 bridgehead atoms. The van der Waals surface area contributed by atoms with Crippen molar-refractivity contribution >= 4 is 12.0 Å². The quantitative estimate of drug-likeness (QED) is 0.831. The molecule has 20 heavy (non-hydrogen) atoms. The van der Waals surface area contributed by atoms with Gasteiger partial charge in [-0.25, -0.2) is 14.8 Å². The van der Waals surface area contributed by atoms with E-state index in [2.05, 4.69) is 9.97 Å². The molecule has 1 aromatic carbocycles. The topological polar surface area (TPSA) is 83.3 Å². The monoisotopic (exact) mass is 270 g/mol. The molecule has 5 heteroatoms. The van der Waals surface area contributed by atoms with E-state index in [1.165, 1.54) is 13.0 Å². The first kappa shape index (κ1) is 13.9. The SMILES string of the molecule is C/C(=C\c1cnc(-c2cccc(CO)c2)nc1)C(=O)O. The van der Waals surface area contributed by atoms with Gasteiger partial charge >= 0.3 is 5.97 Å². The van der Waals surface area contributed by atoms with Gasteiger partial charge in [0.1, 0.15) is 0 Å². The second-order valence-electron chi connectivity index (χ2n) is 4.33. The Morgan fingerprint density at radius 2 is 2.00 bits per heavy atom. The highest BCUT2D eigenvalue weighted by Crippen LogP contribution is 2.16. The lowest BCUT2D eigenvalue weighted by molar-refractivity contribution is -0.132. The minimum Gasteiger partial charge on any atom is -0.478 e. The van der Waals surface area contributed by atoms with Crippen LogP contribution >= 0.6 is 0 Å². The van der Waals surface area contributed by atoms with E-state index in [0.717, 1.165) is 11.1 Å². The Labute approximate surface area is 116 Å². The number of carboxylic acid groups (broad SMARTS) is 1. The maximum atomic E-state index is 10.7. The number of aromatic nitrogens is 2. The summed E-state index contributed by atoms with van der Waals surface area (Å²) >= 11 is 0. The van der Waals surface area contributed by atoms with Crippen LogP contribution in [0.2, 0.25) is 0 Å². The summed E-state index contributed by atoms with van der Waals surface area (Å²) in [6.45, 7) is 1.48. The first-order valence-corrected chi connectivity index (χ1v) is 6.04. The molecule has 0 atom stereocenters. The summed E-state index contributed by atoms with van der Waals surface area (Å²) in [4.78, 5) is 19.1. The van der Waals surface area contributed by atoms with E-state index in [1.807, 2.05) is 24.3 Å². The second kappa shape index (κ2) is 6.08. The van der Waals surface area contributed by atoms with Crippen LogP contribution in [-0.4, -0.2) is 26.2 Å². The molecule has 0 saturated carbocycles. The number of nitrogens with zero attached hydrogens (tertiary/aromatic N) is 2. The summed E-state index contributed by atoms with van der Waals surface area (Å²) in [6.07, 6.45) is 4.65. The van der Waals surface area contributed by atoms with Crippen LogP contribution in [0.1, 0.15) is 18.1 Å². The third-order valence-corrected chi connectivity index (χ3v) is 2.76. The van der Waals surface area contributed by atoms with Crippen LogP contribution in [0.3, 0.4) is 0 Å². The molecule has 1 heterocycles. The van der Waals surface area contributed by atoms with Crippen LogP contribution in [0.15, 0.2) is 42.2 Å². The predicted molar refractivity (Wildman–Crippen MR) is 74.7 cm³/mol. The van der Waals surface area contributed by atoms with E-state index in [-0.39, 0.29) is 12.2 Å². The van der Waals surface area contributed by atoms with Crippen molar-refractivity contribution in [3.8, 4) is 11.4 Å². The molecule has 0 amide bonds. The van der Waals surface area contributed by atoms with Crippen molar-refractivity contribution in [1.82, 2.24) is 9.97 Å². The Bertz CT molecular complexity index is 648. The van der Waals surface area contributed by atoms with E-state index < -0.39 is 5.97 Å². The van der Waals surface area contributed by atoms with Crippen molar-refractivity contribution in [3.05, 3.63) is 53.4 Å². The molecule has 0 aliphatic rings. The van der Waals surface area contributed by atoms with Crippen LogP contribution in [-0.2, 0) is 11.4 Å². The highest BCUT2D eigenvalue weighted by molar-refractivity contribution is 5.91. The molecule has 1 aromatic heterocycles. The normalized spacial score (nSPS) is 11.4. The maximum absolute atomic E-state index is 10.7. The standard InChI is InChI=1S/C15H14N2O3/c1-10(15(19)20)5-12-7-16-14(17-8-12)13-4-2-3-11(6-13)9-18/h2-8,18H,9H2,1H3,(H,19,20)/b10-5+. The average Bonchev–Trinajstić information content (AvgIpc) is 2.48. The zero-order valence-electron chi connectivity index (χ0n) is 10.9. The fourth-order valence-electron chi connectivity index (χ4n) is 1.68. The number of hydrogen-bond acceptors (Lipinski definition) is 4. The van der Waals surface area contributed by atoms with Crippen LogP contribution in [0.4, 0.5) is 0 Å². The fraction of sp³-hybridized carbons (Fsp3) is 0.133. The summed E-state index contributed by atoms with van der Waals surface area (Å²) in [5.41, 5.74) is 2.45. The highest BCUT2D eigenvalue weighted by atomic mass is 16.4. The Balaban J connectivity index is 2.28. The van der Waals surface area contributed by atoms with Gasteiger partial charge in [0.2, 0.25) is 0 Å². The van der Waals surface area contributed by atoms with Crippen LogP contribution in [0.25, 0.3) is 17.5 Å². The smallest absolute Gasteiger partial charge is 0.331 e. The van der Waals surface area contributed by atoms with E-state index >= 15 is 0 Å². The van der Waals surface area contributed by atoms with Crippen LogP contribution in [0.5, 0.6) is 0 Å². The van der Waals surface area contributed by atoms with Gasteiger partial charge in [0.15, 0.2) is 5.82 Å². The van der Waals surface area contributed by atoms with E-state index in [0.29, 0.717) is 11.4 Å². The summed E-state index contributed by atoms with van der Waals surface area (Å²) < 4.78 is 0. The Kier molecular flexibility index (Phi) is 4.22. The van der Waals surface area contributed by atoms with Crippen molar-refractivity contribution in [1.29, 1.82) is 0 Å². The zero-order valence-corrected chi connectivity index (χ0v) is 10.9. The summed E-state index contributed by atoms with van der Waals surface area (Å²) in [6, 6.07) is 7.31. The predicted octanol–water partition coefficient (Wildman–Crippen LogP) is 2.12. The molecular formula is C15H14N2O3. The molecule has 0 unspecified atom stereocenters. The van der Waals surface area contributed by atoms with E-state index in [9.17, 15) is 4.79 Å². The average molecular weight is 270 g/mol. The second-order valence-corrected chi connectivity index (χ2v) is 4.33. The number of benzene rings is 1. The lowest BCUT2D eigenvalue weighted by atomic mass is 10.1. The van der Waals surface area contributed by atoms with Gasteiger partial charge in [0.05, 0.1) is 6.61 Å². The molecule has 5 nitrogen and oxygen atoms in total. The van der Waals surface area contributed by atoms with Crippen molar-refractivity contribution in [3.63, 3.8) is 0 Å². The molecule has 102 valence electrons. The van der Waals surface area contributed by atoms with Gasteiger partial charge in [-0.3, -0.25) is 0 Å². The molecule has 2 N–H and O–H groups in total. The lowest BCUT2D eigenvalue weighted by Crippen LogP contribution is -1.96. The Morgan fingerprint density at radius 1 is 1.30 bits per heavy atom. The van der Waals surface area contributed by atoms with Crippen molar-refractivity contribution in [2.24, 2.45) is 0 Å². The minimum absolute atomic E-state index is 0.0353. The number of rotatable bonds is 4. The van der Waals surface area contributed by atoms with Crippen molar-refractivity contribution in [2.45, 2.75) is 13.5 Å². The van der Waals surface area contributed by atoms with Gasteiger partial charge in [-0.1, -0.05) is 18.2 Å². The molecule has 0 spiro atoms. The Morgan fingerprint density at radius 3 is 2.60 bits per heavy atom. The van der Waals surface area contributed by atoms with Gasteiger partial charge in [0, 0.05) is 29.1 Å². The molecule has 2 rings (SSSR count). The zero-order chi connectivity index (χ0) is 14.5. The molecule has 0 saturated heterocycles. The van der Waals surface area contributed by atoms with Gasteiger partial charge in [-0.2, -0.15) is 0 Å². The van der Waals surface area contributed by atoms with Crippen LogP contribution in [0, 0.1) is 0 Å². The third-order valence-electron chi connectivity index (χ3n) is 2.76. The number of aliphatic hydroxyl groups is 1. The third kappa shape index (κ3) is 3.27. The number of aliphatic hydroxyl groups excluding tert-OH is 1. The first-order valence-electron chi connectivity index (χ1n) is 6.04. The molecule has 0 aliphatic carbocycles. The number of aliphatic carboxylic acids is 1. The number of carboxylic acids is 1. The summed E-state index contributed by atoms with van der Waals surface area (Å²) in [7, 11) is 0. The summed E-state index contributed by atoms with van der Waals surface area (Å²) in [5.74, 6) is -0.435. The van der Waals surface area contributed by atoms with E-state index in [1.54, 1.807) is 12.4 Å². The molecule has 2 aromatic rings. The highest BCUT2D eigenvalue weighted by Gasteiger charge is 2.03. The first-order chi connectivity index (χ1) is 9.60. The molecule has 0 radical (unpaired) electrons. The van der Waals surface area contributed by atoms with Gasteiger partial charge in [-0.05, 0) is 24.6 Å². The van der Waals surface area contributed by atoms with Crippen molar-refractivity contribution in [2.75, 3.05) is 0 Å². The van der Waals surface area contributed by atoms with Gasteiger partial charge in [0.25, 0.3) is 0 Å². The fourth-order valence-corrected chi connectivity index (χ4v) is 1.68. The number of carbonyl (C=O) groups is 1. The summed E-state index contributed by atoms with van der Waals surface area (Å²) in [5, 5.41) is 17.9. The van der Waals surface area contributed by atoms with E-state index in [4.69, 9.17) is 10.2 Å². The molecular weight excluding hydrogens is 256 g/mol. The maximum Gasteiger partial charge on any atom is 0.331 e. The molecule has 0 aliphatic heterocycles.